The fourth-order valence-corrected chi connectivity index (χ4v) is 5.93. The molecule has 0 saturated heterocycles. The van der Waals surface area contributed by atoms with Gasteiger partial charge in [0.2, 0.25) is 0 Å². The Labute approximate surface area is 206 Å². The van der Waals surface area contributed by atoms with Crippen molar-refractivity contribution in [1.82, 2.24) is 0 Å². The quantitative estimate of drug-likeness (QED) is 0.521. The number of aryl methyl sites for hydroxylation is 1. The summed E-state index contributed by atoms with van der Waals surface area (Å²) < 4.78 is 40.1. The number of carbonyl (C=O) groups excluding carboxylic acids is 1. The predicted octanol–water partition coefficient (Wildman–Crippen LogP) is 5.04. The summed E-state index contributed by atoms with van der Waals surface area (Å²) in [5.74, 6) is 0.157. The topological polar surface area (TPSA) is 84.9 Å². The standard InChI is InChI=1S/C27H28N2O5S/c1-17-10-9-13-22(18(17)2)28-27(30)26-19(3)21-14-24(33-4)25(34-5)15-23(21)29(35(26,31)32)16-20-11-7-6-8-12-20/h6-15H,16H2,1-5H3,(H,28,30). The van der Waals surface area contributed by atoms with Gasteiger partial charge in [0.05, 0.1) is 26.5 Å². The van der Waals surface area contributed by atoms with E-state index in [1.54, 1.807) is 25.1 Å². The molecule has 7 nitrogen and oxygen atoms in total. The van der Waals surface area contributed by atoms with Gasteiger partial charge in [-0.05, 0) is 55.2 Å². The number of hydrogen-bond donors (Lipinski definition) is 1. The van der Waals surface area contributed by atoms with Crippen LogP contribution in [0.4, 0.5) is 11.4 Å². The molecule has 1 heterocycles. The van der Waals surface area contributed by atoms with Crippen molar-refractivity contribution in [1.29, 1.82) is 0 Å². The average molecular weight is 493 g/mol. The molecule has 4 rings (SSSR count). The molecule has 3 aromatic carbocycles. The number of amides is 1. The summed E-state index contributed by atoms with van der Waals surface area (Å²) in [6.07, 6.45) is 0. The lowest BCUT2D eigenvalue weighted by molar-refractivity contribution is -0.112. The van der Waals surface area contributed by atoms with Crippen LogP contribution in [-0.2, 0) is 21.4 Å². The van der Waals surface area contributed by atoms with Crippen molar-refractivity contribution in [2.24, 2.45) is 0 Å². The van der Waals surface area contributed by atoms with Crippen LogP contribution in [0.25, 0.3) is 5.57 Å². The minimum absolute atomic E-state index is 0.0548. The first-order chi connectivity index (χ1) is 16.7. The maximum atomic E-state index is 14.0. The molecule has 0 aliphatic carbocycles. The third kappa shape index (κ3) is 4.37. The molecule has 8 heteroatoms. The van der Waals surface area contributed by atoms with Crippen LogP contribution in [0.2, 0.25) is 0 Å². The zero-order valence-corrected chi connectivity index (χ0v) is 21.2. The number of ether oxygens (including phenoxy) is 2. The molecule has 35 heavy (non-hydrogen) atoms. The number of carbonyl (C=O) groups is 1. The van der Waals surface area contributed by atoms with E-state index in [9.17, 15) is 13.2 Å². The normalized spacial score (nSPS) is 14.4. The van der Waals surface area contributed by atoms with E-state index in [0.29, 0.717) is 34.0 Å². The van der Waals surface area contributed by atoms with Gasteiger partial charge in [-0.1, -0.05) is 42.5 Å². The number of benzene rings is 3. The summed E-state index contributed by atoms with van der Waals surface area (Å²) in [5.41, 5.74) is 4.57. The van der Waals surface area contributed by atoms with Gasteiger partial charge in [0.1, 0.15) is 0 Å². The SMILES string of the molecule is COc1cc2c(cc1OC)N(Cc1ccccc1)S(=O)(=O)C(C(=O)Nc1cccc(C)c1C)=C2C. The Hall–Kier alpha value is -3.78. The molecule has 0 spiro atoms. The zero-order chi connectivity index (χ0) is 25.3. The molecule has 1 amide bonds. The van der Waals surface area contributed by atoms with E-state index in [-0.39, 0.29) is 11.4 Å². The highest BCUT2D eigenvalue weighted by molar-refractivity contribution is 7.97. The minimum atomic E-state index is -4.21. The molecule has 0 atom stereocenters. The van der Waals surface area contributed by atoms with Crippen molar-refractivity contribution in [3.05, 3.63) is 87.8 Å². The molecule has 0 saturated carbocycles. The molecular formula is C27H28N2O5S. The highest BCUT2D eigenvalue weighted by Crippen LogP contribution is 2.45. The monoisotopic (exact) mass is 492 g/mol. The van der Waals surface area contributed by atoms with E-state index in [1.807, 2.05) is 56.3 Å². The molecule has 0 radical (unpaired) electrons. The van der Waals surface area contributed by atoms with Gasteiger partial charge >= 0.3 is 0 Å². The summed E-state index contributed by atoms with van der Waals surface area (Å²) in [4.78, 5) is 13.2. The first kappa shape index (κ1) is 24.3. The third-order valence-corrected chi connectivity index (χ3v) is 8.20. The molecule has 0 unspecified atom stereocenters. The predicted molar refractivity (Wildman–Crippen MR) is 138 cm³/mol. The Balaban J connectivity index is 1.90. The number of nitrogens with one attached hydrogen (secondary N) is 1. The Bertz CT molecular complexity index is 1430. The largest absolute Gasteiger partial charge is 0.493 e. The summed E-state index contributed by atoms with van der Waals surface area (Å²) in [5, 5.41) is 2.81. The van der Waals surface area contributed by atoms with Gasteiger partial charge in [0.25, 0.3) is 15.9 Å². The van der Waals surface area contributed by atoms with E-state index >= 15 is 0 Å². The lowest BCUT2D eigenvalue weighted by Crippen LogP contribution is -2.39. The second-order valence-electron chi connectivity index (χ2n) is 8.38. The first-order valence-electron chi connectivity index (χ1n) is 11.1. The Morgan fingerprint density at radius 2 is 1.57 bits per heavy atom. The van der Waals surface area contributed by atoms with Crippen LogP contribution in [0.1, 0.15) is 29.2 Å². The number of allylic oxidation sites excluding steroid dienone is 1. The van der Waals surface area contributed by atoms with Crippen LogP contribution in [-0.4, -0.2) is 28.5 Å². The summed E-state index contributed by atoms with van der Waals surface area (Å²) in [6.45, 7) is 5.51. The van der Waals surface area contributed by atoms with Crippen LogP contribution in [0.5, 0.6) is 11.5 Å². The van der Waals surface area contributed by atoms with Crippen molar-refractivity contribution in [3.63, 3.8) is 0 Å². The molecule has 1 aliphatic heterocycles. The number of methoxy groups -OCH3 is 2. The van der Waals surface area contributed by atoms with Crippen LogP contribution >= 0.6 is 0 Å². The van der Waals surface area contributed by atoms with Gasteiger partial charge in [-0.25, -0.2) is 8.42 Å². The number of fused-ring (bicyclic) bond motifs is 1. The molecule has 3 aromatic rings. The number of nitrogens with zero attached hydrogens (tertiary/aromatic N) is 1. The van der Waals surface area contributed by atoms with E-state index in [0.717, 1.165) is 16.7 Å². The second-order valence-corrected chi connectivity index (χ2v) is 10.2. The number of hydrogen-bond acceptors (Lipinski definition) is 5. The molecule has 0 bridgehead atoms. The molecule has 1 N–H and O–H groups in total. The fraction of sp³-hybridized carbons (Fsp3) is 0.222. The van der Waals surface area contributed by atoms with Gasteiger partial charge < -0.3 is 14.8 Å². The van der Waals surface area contributed by atoms with E-state index in [1.165, 1.54) is 18.5 Å². The zero-order valence-electron chi connectivity index (χ0n) is 20.4. The van der Waals surface area contributed by atoms with Gasteiger partial charge in [-0.2, -0.15) is 0 Å². The van der Waals surface area contributed by atoms with Crippen LogP contribution in [0.15, 0.2) is 65.6 Å². The van der Waals surface area contributed by atoms with Gasteiger partial charge in [-0.3, -0.25) is 9.10 Å². The number of anilines is 2. The third-order valence-electron chi connectivity index (χ3n) is 6.29. The van der Waals surface area contributed by atoms with E-state index in [2.05, 4.69) is 5.32 Å². The minimum Gasteiger partial charge on any atom is -0.493 e. The average Bonchev–Trinajstić information content (AvgIpc) is 2.84. The molecule has 0 aromatic heterocycles. The van der Waals surface area contributed by atoms with Crippen molar-refractivity contribution in [2.45, 2.75) is 27.3 Å². The molecule has 182 valence electrons. The second kappa shape index (κ2) is 9.46. The van der Waals surface area contributed by atoms with Gasteiger partial charge in [-0.15, -0.1) is 0 Å². The molecule has 1 aliphatic rings. The van der Waals surface area contributed by atoms with Crippen molar-refractivity contribution in [3.8, 4) is 11.5 Å². The summed E-state index contributed by atoms with van der Waals surface area (Å²) in [6, 6.07) is 18.1. The van der Waals surface area contributed by atoms with Crippen LogP contribution in [0, 0.1) is 13.8 Å². The number of sulfonamides is 1. The van der Waals surface area contributed by atoms with Crippen molar-refractivity contribution < 1.29 is 22.7 Å². The molecule has 0 fully saturated rings. The molecular weight excluding hydrogens is 464 g/mol. The maximum Gasteiger partial charge on any atom is 0.270 e. The van der Waals surface area contributed by atoms with Crippen molar-refractivity contribution in [2.75, 3.05) is 23.8 Å². The maximum absolute atomic E-state index is 14.0. The van der Waals surface area contributed by atoms with Gasteiger partial charge in [0, 0.05) is 17.3 Å². The Kier molecular flexibility index (Phi) is 6.58. The van der Waals surface area contributed by atoms with Crippen LogP contribution < -0.4 is 19.1 Å². The highest BCUT2D eigenvalue weighted by Gasteiger charge is 2.40. The lowest BCUT2D eigenvalue weighted by atomic mass is 10.0. The Morgan fingerprint density at radius 3 is 2.23 bits per heavy atom. The van der Waals surface area contributed by atoms with Gasteiger partial charge in [0.15, 0.2) is 16.4 Å². The summed E-state index contributed by atoms with van der Waals surface area (Å²) in [7, 11) is -1.20. The smallest absolute Gasteiger partial charge is 0.270 e. The Morgan fingerprint density at radius 1 is 0.914 bits per heavy atom. The van der Waals surface area contributed by atoms with E-state index in [4.69, 9.17) is 9.47 Å². The van der Waals surface area contributed by atoms with Crippen LogP contribution in [0.3, 0.4) is 0 Å². The first-order valence-corrected chi connectivity index (χ1v) is 12.5. The fourth-order valence-electron chi connectivity index (χ4n) is 4.20. The lowest BCUT2D eigenvalue weighted by Gasteiger charge is -2.33. The van der Waals surface area contributed by atoms with E-state index < -0.39 is 15.9 Å². The highest BCUT2D eigenvalue weighted by atomic mass is 32.2. The van der Waals surface area contributed by atoms with Crippen molar-refractivity contribution >= 4 is 32.9 Å². The number of rotatable bonds is 6. The summed E-state index contributed by atoms with van der Waals surface area (Å²) >= 11 is 0.